The van der Waals surface area contributed by atoms with Gasteiger partial charge in [-0.1, -0.05) is 28.1 Å². The second kappa shape index (κ2) is 8.77. The molecule has 2 aromatic rings. The third-order valence-electron chi connectivity index (χ3n) is 3.23. The molecule has 0 aliphatic carbocycles. The number of benzene rings is 2. The van der Waals surface area contributed by atoms with Gasteiger partial charge in [0.15, 0.2) is 0 Å². The smallest absolute Gasteiger partial charge is 0.262 e. The van der Waals surface area contributed by atoms with Crippen molar-refractivity contribution in [2.24, 2.45) is 5.10 Å². The topological polar surface area (TPSA) is 90.8 Å². The molecule has 0 heterocycles. The lowest BCUT2D eigenvalue weighted by Gasteiger charge is -2.12. The van der Waals surface area contributed by atoms with Gasteiger partial charge >= 0.3 is 0 Å². The number of hydrazone groups is 1. The third kappa shape index (κ3) is 5.40. The second-order valence-corrected chi connectivity index (χ2v) is 6.88. The number of aromatic hydroxyl groups is 1. The molecule has 0 aliphatic heterocycles. The van der Waals surface area contributed by atoms with E-state index in [1.54, 1.807) is 43.3 Å². The summed E-state index contributed by atoms with van der Waals surface area (Å²) in [6.45, 7) is 1.55. The Kier molecular flexibility index (Phi) is 6.72. The molecular weight excluding hydrogens is 454 g/mol. The first-order valence-electron chi connectivity index (χ1n) is 7.25. The Hall–Kier alpha value is -2.19. The molecule has 6 nitrogen and oxygen atoms in total. The van der Waals surface area contributed by atoms with Gasteiger partial charge in [0.2, 0.25) is 0 Å². The van der Waals surface area contributed by atoms with Gasteiger partial charge in [-0.2, -0.15) is 5.10 Å². The summed E-state index contributed by atoms with van der Waals surface area (Å²) in [5.41, 5.74) is 3.21. The maximum absolute atomic E-state index is 12.2. The normalized spacial score (nSPS) is 12.0. The SMILES string of the molecule is CC(NC(=O)c1ccccc1Br)C(=O)NN=Cc1cc(Br)ccc1O. The van der Waals surface area contributed by atoms with Crippen molar-refractivity contribution in [2.45, 2.75) is 13.0 Å². The van der Waals surface area contributed by atoms with Crippen LogP contribution in [0.15, 0.2) is 56.5 Å². The molecule has 2 aromatic carbocycles. The fourth-order valence-corrected chi connectivity index (χ4v) is 2.72. The lowest BCUT2D eigenvalue weighted by Crippen LogP contribution is -2.43. The highest BCUT2D eigenvalue weighted by molar-refractivity contribution is 9.10. The van der Waals surface area contributed by atoms with Crippen LogP contribution in [0, 0.1) is 0 Å². The highest BCUT2D eigenvalue weighted by Gasteiger charge is 2.17. The summed E-state index contributed by atoms with van der Waals surface area (Å²) in [5.74, 6) is -0.814. The molecule has 0 saturated heterocycles. The number of hydrogen-bond acceptors (Lipinski definition) is 4. The van der Waals surface area contributed by atoms with E-state index in [-0.39, 0.29) is 11.7 Å². The van der Waals surface area contributed by atoms with Crippen LogP contribution in [0.25, 0.3) is 0 Å². The number of phenolic OH excluding ortho intramolecular Hbond substituents is 1. The van der Waals surface area contributed by atoms with Crippen molar-refractivity contribution in [3.8, 4) is 5.75 Å². The molecule has 25 heavy (non-hydrogen) atoms. The van der Waals surface area contributed by atoms with E-state index >= 15 is 0 Å². The molecule has 0 saturated carbocycles. The van der Waals surface area contributed by atoms with Gasteiger partial charge in [0.25, 0.3) is 11.8 Å². The van der Waals surface area contributed by atoms with Gasteiger partial charge in [0.05, 0.1) is 11.8 Å². The van der Waals surface area contributed by atoms with Crippen LogP contribution < -0.4 is 10.7 Å². The van der Waals surface area contributed by atoms with E-state index in [1.165, 1.54) is 12.3 Å². The molecule has 2 amide bonds. The van der Waals surface area contributed by atoms with Crippen LogP contribution in [-0.2, 0) is 4.79 Å². The van der Waals surface area contributed by atoms with Crippen molar-refractivity contribution < 1.29 is 14.7 Å². The monoisotopic (exact) mass is 467 g/mol. The number of nitrogens with one attached hydrogen (secondary N) is 2. The van der Waals surface area contributed by atoms with E-state index in [0.29, 0.717) is 15.6 Å². The van der Waals surface area contributed by atoms with Crippen LogP contribution in [0.4, 0.5) is 0 Å². The van der Waals surface area contributed by atoms with E-state index in [9.17, 15) is 14.7 Å². The fraction of sp³-hybridized carbons (Fsp3) is 0.118. The van der Waals surface area contributed by atoms with Gasteiger partial charge in [-0.15, -0.1) is 0 Å². The largest absolute Gasteiger partial charge is 0.507 e. The average Bonchev–Trinajstić information content (AvgIpc) is 2.58. The Morgan fingerprint density at radius 1 is 1.20 bits per heavy atom. The number of rotatable bonds is 5. The van der Waals surface area contributed by atoms with E-state index in [4.69, 9.17) is 0 Å². The molecule has 130 valence electrons. The highest BCUT2D eigenvalue weighted by atomic mass is 79.9. The van der Waals surface area contributed by atoms with E-state index in [1.807, 2.05) is 0 Å². The number of carbonyl (C=O) groups excluding carboxylic acids is 2. The standard InChI is InChI=1S/C17H15Br2N3O3/c1-10(21-17(25)13-4-2-3-5-14(13)19)16(24)22-20-9-11-8-12(18)6-7-15(11)23/h2-10,23H,1H3,(H,21,25)(H,22,24). The lowest BCUT2D eigenvalue weighted by molar-refractivity contribution is -0.122. The number of amides is 2. The Bertz CT molecular complexity index is 825. The van der Waals surface area contributed by atoms with Crippen molar-refractivity contribution >= 4 is 49.9 Å². The molecule has 0 fully saturated rings. The van der Waals surface area contributed by atoms with Gasteiger partial charge in [-0.25, -0.2) is 5.43 Å². The summed E-state index contributed by atoms with van der Waals surface area (Å²) in [6, 6.07) is 11.0. The van der Waals surface area contributed by atoms with Crippen LogP contribution in [0.5, 0.6) is 5.75 Å². The predicted molar refractivity (Wildman–Crippen MR) is 103 cm³/mol. The van der Waals surface area contributed by atoms with Crippen molar-refractivity contribution in [1.82, 2.24) is 10.7 Å². The van der Waals surface area contributed by atoms with Crippen molar-refractivity contribution in [2.75, 3.05) is 0 Å². The highest BCUT2D eigenvalue weighted by Crippen LogP contribution is 2.20. The average molecular weight is 469 g/mol. The number of halogens is 2. The molecular formula is C17H15Br2N3O3. The number of nitrogens with zero attached hydrogens (tertiary/aromatic N) is 1. The van der Waals surface area contributed by atoms with Crippen LogP contribution in [0.3, 0.4) is 0 Å². The molecule has 2 rings (SSSR count). The van der Waals surface area contributed by atoms with Crippen molar-refractivity contribution in [1.29, 1.82) is 0 Å². The number of phenols is 1. The summed E-state index contributed by atoms with van der Waals surface area (Å²) in [4.78, 5) is 24.2. The summed E-state index contributed by atoms with van der Waals surface area (Å²) >= 11 is 6.58. The Morgan fingerprint density at radius 3 is 2.64 bits per heavy atom. The van der Waals surface area contributed by atoms with Crippen molar-refractivity contribution in [3.63, 3.8) is 0 Å². The minimum absolute atomic E-state index is 0.0384. The zero-order valence-corrected chi connectivity index (χ0v) is 16.3. The quantitative estimate of drug-likeness (QED) is 0.465. The number of hydrogen-bond donors (Lipinski definition) is 3. The maximum atomic E-state index is 12.2. The van der Waals surface area contributed by atoms with Crippen LogP contribution in [0.2, 0.25) is 0 Å². The van der Waals surface area contributed by atoms with Gasteiger partial charge in [-0.05, 0) is 53.2 Å². The molecule has 8 heteroatoms. The molecule has 3 N–H and O–H groups in total. The van der Waals surface area contributed by atoms with Gasteiger partial charge < -0.3 is 10.4 Å². The van der Waals surface area contributed by atoms with Crippen LogP contribution in [0.1, 0.15) is 22.8 Å². The Balaban J connectivity index is 1.94. The first-order chi connectivity index (χ1) is 11.9. The molecule has 0 aliphatic rings. The van der Waals surface area contributed by atoms with Crippen LogP contribution >= 0.6 is 31.9 Å². The maximum Gasteiger partial charge on any atom is 0.262 e. The van der Waals surface area contributed by atoms with Crippen LogP contribution in [-0.4, -0.2) is 29.2 Å². The Morgan fingerprint density at radius 2 is 1.92 bits per heavy atom. The summed E-state index contributed by atoms with van der Waals surface area (Å²) < 4.78 is 1.41. The Labute approximate surface area is 161 Å². The van der Waals surface area contributed by atoms with E-state index < -0.39 is 11.9 Å². The minimum atomic E-state index is -0.784. The van der Waals surface area contributed by atoms with Gasteiger partial charge in [-0.3, -0.25) is 9.59 Å². The fourth-order valence-electron chi connectivity index (χ4n) is 1.88. The molecule has 0 radical (unpaired) electrons. The second-order valence-electron chi connectivity index (χ2n) is 5.11. The lowest BCUT2D eigenvalue weighted by atomic mass is 10.2. The van der Waals surface area contributed by atoms with Crippen molar-refractivity contribution in [3.05, 3.63) is 62.5 Å². The molecule has 0 aromatic heterocycles. The van der Waals surface area contributed by atoms with E-state index in [0.717, 1.165) is 4.47 Å². The minimum Gasteiger partial charge on any atom is -0.507 e. The third-order valence-corrected chi connectivity index (χ3v) is 4.41. The van der Waals surface area contributed by atoms with Gasteiger partial charge in [0.1, 0.15) is 11.8 Å². The van der Waals surface area contributed by atoms with E-state index in [2.05, 4.69) is 47.7 Å². The summed E-state index contributed by atoms with van der Waals surface area (Å²) in [5, 5.41) is 16.1. The zero-order chi connectivity index (χ0) is 18.4. The molecule has 0 bridgehead atoms. The number of carbonyl (C=O) groups is 2. The summed E-state index contributed by atoms with van der Waals surface area (Å²) in [6.07, 6.45) is 1.32. The zero-order valence-electron chi connectivity index (χ0n) is 13.2. The first-order valence-corrected chi connectivity index (χ1v) is 8.84. The first kappa shape index (κ1) is 19.1. The molecule has 1 atom stereocenters. The molecule has 1 unspecified atom stereocenters. The molecule has 0 spiro atoms. The predicted octanol–water partition coefficient (Wildman–Crippen LogP) is 3.19. The van der Waals surface area contributed by atoms with Gasteiger partial charge in [0, 0.05) is 14.5 Å². The summed E-state index contributed by atoms with van der Waals surface area (Å²) in [7, 11) is 0.